The van der Waals surface area contributed by atoms with Gasteiger partial charge in [-0.1, -0.05) is 30.2 Å². The van der Waals surface area contributed by atoms with Gasteiger partial charge in [0.15, 0.2) is 5.78 Å². The van der Waals surface area contributed by atoms with Crippen LogP contribution >= 0.6 is 0 Å². The maximum atomic E-state index is 12.2. The molecule has 1 aliphatic carbocycles. The summed E-state index contributed by atoms with van der Waals surface area (Å²) in [5.41, 5.74) is 1.96. The summed E-state index contributed by atoms with van der Waals surface area (Å²) in [6.07, 6.45) is 7.89. The molecule has 24 heavy (non-hydrogen) atoms. The van der Waals surface area contributed by atoms with E-state index in [0.29, 0.717) is 6.42 Å². The molecule has 0 aliphatic heterocycles. The van der Waals surface area contributed by atoms with Gasteiger partial charge in [0.05, 0.1) is 13.5 Å². The van der Waals surface area contributed by atoms with Crippen LogP contribution in [0.2, 0.25) is 0 Å². The predicted octanol–water partition coefficient (Wildman–Crippen LogP) is 4.19. The van der Waals surface area contributed by atoms with E-state index in [1.54, 1.807) is 0 Å². The van der Waals surface area contributed by atoms with Crippen molar-refractivity contribution < 1.29 is 19.1 Å². The maximum Gasteiger partial charge on any atom is 0.316 e. The number of esters is 1. The number of ether oxygens (including phenoxy) is 1. The van der Waals surface area contributed by atoms with Gasteiger partial charge in [-0.15, -0.1) is 0 Å². The van der Waals surface area contributed by atoms with Crippen LogP contribution in [0.25, 0.3) is 0 Å². The number of hydrogen-bond donors (Lipinski definition) is 0. The minimum Gasteiger partial charge on any atom is -0.468 e. The topological polar surface area (TPSA) is 60.4 Å². The molecular weight excluding hydrogens is 304 g/mol. The summed E-state index contributed by atoms with van der Waals surface area (Å²) in [4.78, 5) is 36.1. The molecule has 0 heterocycles. The number of ketones is 2. The van der Waals surface area contributed by atoms with Crippen molar-refractivity contribution >= 4 is 17.5 Å². The number of carbonyl (C=O) groups is 3. The third kappa shape index (κ3) is 5.73. The van der Waals surface area contributed by atoms with Gasteiger partial charge in [0.2, 0.25) is 0 Å². The molecule has 1 fully saturated rings. The molecule has 1 rings (SSSR count). The third-order valence-electron chi connectivity index (χ3n) is 4.73. The van der Waals surface area contributed by atoms with Gasteiger partial charge in [0.1, 0.15) is 11.7 Å². The summed E-state index contributed by atoms with van der Waals surface area (Å²) < 4.78 is 4.80. The van der Waals surface area contributed by atoms with Crippen molar-refractivity contribution in [2.75, 3.05) is 7.11 Å². The van der Waals surface area contributed by atoms with Gasteiger partial charge in [-0.2, -0.15) is 0 Å². The Morgan fingerprint density at radius 3 is 2.46 bits per heavy atom. The van der Waals surface area contributed by atoms with Crippen LogP contribution in [0.1, 0.15) is 66.2 Å². The Morgan fingerprint density at radius 1 is 1.21 bits per heavy atom. The highest BCUT2D eigenvalue weighted by atomic mass is 16.5. The molecule has 1 saturated carbocycles. The number of rotatable bonds is 7. The normalized spacial score (nSPS) is 24.7. The van der Waals surface area contributed by atoms with E-state index in [1.807, 2.05) is 6.92 Å². The Kier molecular flexibility index (Phi) is 7.59. The lowest BCUT2D eigenvalue weighted by Crippen LogP contribution is -2.46. The monoisotopic (exact) mass is 334 g/mol. The summed E-state index contributed by atoms with van der Waals surface area (Å²) in [5.74, 6) is -1.71. The molecular formula is C20H30O4. The number of hydrogen-bond acceptors (Lipinski definition) is 4. The van der Waals surface area contributed by atoms with Gasteiger partial charge in [-0.05, 0) is 51.9 Å². The average Bonchev–Trinajstić information content (AvgIpc) is 2.45. The van der Waals surface area contributed by atoms with Crippen LogP contribution in [-0.4, -0.2) is 24.6 Å². The van der Waals surface area contributed by atoms with Gasteiger partial charge in [0.25, 0.3) is 0 Å². The van der Waals surface area contributed by atoms with Gasteiger partial charge < -0.3 is 4.74 Å². The zero-order valence-electron chi connectivity index (χ0n) is 15.6. The van der Waals surface area contributed by atoms with Crippen molar-refractivity contribution in [2.45, 2.75) is 66.2 Å². The third-order valence-corrected chi connectivity index (χ3v) is 4.73. The minimum absolute atomic E-state index is 0.0769. The molecule has 0 aromatic carbocycles. The smallest absolute Gasteiger partial charge is 0.316 e. The van der Waals surface area contributed by atoms with Gasteiger partial charge in [0, 0.05) is 6.42 Å². The summed E-state index contributed by atoms with van der Waals surface area (Å²) in [7, 11) is 1.29. The Labute approximate surface area is 145 Å². The van der Waals surface area contributed by atoms with Crippen LogP contribution in [0.3, 0.4) is 0 Å². The van der Waals surface area contributed by atoms with Gasteiger partial charge in [-0.25, -0.2) is 0 Å². The molecule has 0 aromatic rings. The number of Topliss-reactive ketones (excluding diaryl/α,β-unsaturated/α-hetero) is 2. The maximum absolute atomic E-state index is 12.2. The van der Waals surface area contributed by atoms with E-state index in [9.17, 15) is 14.4 Å². The van der Waals surface area contributed by atoms with Crippen LogP contribution in [0, 0.1) is 11.3 Å². The molecule has 134 valence electrons. The molecule has 2 unspecified atom stereocenters. The quantitative estimate of drug-likeness (QED) is 0.398. The molecule has 0 saturated heterocycles. The first-order valence-electron chi connectivity index (χ1n) is 8.61. The molecule has 0 spiro atoms. The lowest BCUT2D eigenvalue weighted by Gasteiger charge is -2.37. The van der Waals surface area contributed by atoms with Crippen LogP contribution in [0.5, 0.6) is 0 Å². The van der Waals surface area contributed by atoms with Crippen LogP contribution < -0.4 is 0 Å². The summed E-state index contributed by atoms with van der Waals surface area (Å²) >= 11 is 0. The first-order chi connectivity index (χ1) is 11.2. The summed E-state index contributed by atoms with van der Waals surface area (Å²) in [6, 6.07) is 0. The second kappa shape index (κ2) is 8.95. The standard InChI is InChI=1S/C20H30O4/c1-14(2)8-6-9-15(3)10-7-11-20(4)13-16(21)12-17(22)18(20)19(23)24-5/h8,10,18H,6-7,9,11-13H2,1-5H3/b15-10+. The van der Waals surface area contributed by atoms with Crippen molar-refractivity contribution in [1.82, 2.24) is 0 Å². The van der Waals surface area contributed by atoms with E-state index in [1.165, 1.54) is 18.3 Å². The molecule has 0 radical (unpaired) electrons. The first kappa shape index (κ1) is 20.3. The minimum atomic E-state index is -0.820. The largest absolute Gasteiger partial charge is 0.468 e. The van der Waals surface area contributed by atoms with E-state index >= 15 is 0 Å². The van der Waals surface area contributed by atoms with Gasteiger partial charge >= 0.3 is 5.97 Å². The molecule has 0 aromatic heterocycles. The second-order valence-electron chi connectivity index (χ2n) is 7.38. The molecule has 4 nitrogen and oxygen atoms in total. The number of allylic oxidation sites excluding steroid dienone is 4. The fraction of sp³-hybridized carbons (Fsp3) is 0.650. The highest BCUT2D eigenvalue weighted by Gasteiger charge is 2.49. The highest BCUT2D eigenvalue weighted by molar-refractivity contribution is 6.11. The number of methoxy groups -OCH3 is 1. The molecule has 4 heteroatoms. The highest BCUT2D eigenvalue weighted by Crippen LogP contribution is 2.42. The van der Waals surface area contributed by atoms with E-state index < -0.39 is 17.3 Å². The molecule has 0 N–H and O–H groups in total. The number of carbonyl (C=O) groups excluding carboxylic acids is 3. The lowest BCUT2D eigenvalue weighted by molar-refractivity contribution is -0.158. The zero-order valence-corrected chi connectivity index (χ0v) is 15.6. The van der Waals surface area contributed by atoms with Crippen LogP contribution in [-0.2, 0) is 19.1 Å². The summed E-state index contributed by atoms with van der Waals surface area (Å²) in [5, 5.41) is 0. The molecule has 0 bridgehead atoms. The van der Waals surface area contributed by atoms with Crippen LogP contribution in [0.15, 0.2) is 23.3 Å². The van der Waals surface area contributed by atoms with E-state index in [-0.39, 0.29) is 24.4 Å². The van der Waals surface area contributed by atoms with Crippen molar-refractivity contribution in [3.63, 3.8) is 0 Å². The van der Waals surface area contributed by atoms with E-state index in [2.05, 4.69) is 32.9 Å². The molecule has 2 atom stereocenters. The van der Waals surface area contributed by atoms with Crippen molar-refractivity contribution in [1.29, 1.82) is 0 Å². The van der Waals surface area contributed by atoms with Crippen molar-refractivity contribution in [3.8, 4) is 0 Å². The Bertz CT molecular complexity index is 552. The fourth-order valence-electron chi connectivity index (χ4n) is 3.41. The van der Waals surface area contributed by atoms with Gasteiger partial charge in [-0.3, -0.25) is 14.4 Å². The van der Waals surface area contributed by atoms with Crippen molar-refractivity contribution in [2.24, 2.45) is 11.3 Å². The molecule has 0 amide bonds. The second-order valence-corrected chi connectivity index (χ2v) is 7.38. The molecule has 1 aliphatic rings. The Morgan fingerprint density at radius 2 is 1.88 bits per heavy atom. The first-order valence-corrected chi connectivity index (χ1v) is 8.61. The predicted molar refractivity (Wildman–Crippen MR) is 94.5 cm³/mol. The van der Waals surface area contributed by atoms with Crippen molar-refractivity contribution in [3.05, 3.63) is 23.3 Å². The summed E-state index contributed by atoms with van der Waals surface area (Å²) in [6.45, 7) is 8.12. The lowest BCUT2D eigenvalue weighted by atomic mass is 9.64. The SMILES string of the molecule is COC(=O)C1C(=O)CC(=O)CC1(C)CC/C=C(\C)CCC=C(C)C. The van der Waals surface area contributed by atoms with E-state index in [0.717, 1.165) is 19.3 Å². The Hall–Kier alpha value is -1.71. The zero-order chi connectivity index (χ0) is 18.3. The Balaban J connectivity index is 2.73. The van der Waals surface area contributed by atoms with E-state index in [4.69, 9.17) is 4.74 Å². The average molecular weight is 334 g/mol. The van der Waals surface area contributed by atoms with Crippen LogP contribution in [0.4, 0.5) is 0 Å². The fourth-order valence-corrected chi connectivity index (χ4v) is 3.41.